The molecule has 3 nitrogen and oxygen atoms in total. The highest BCUT2D eigenvalue weighted by atomic mass is 35.5. The molecule has 0 aliphatic rings. The van der Waals surface area contributed by atoms with Crippen LogP contribution in [0.2, 0.25) is 0 Å². The van der Waals surface area contributed by atoms with Crippen LogP contribution in [0.15, 0.2) is 11.6 Å². The molecule has 0 spiro atoms. The van der Waals surface area contributed by atoms with Gasteiger partial charge >= 0.3 is 5.97 Å². The number of carboxylic acid groups (broad SMARTS) is 1. The molecule has 62 valence electrons. The first kappa shape index (κ1) is 10.2. The third kappa shape index (κ3) is 3.18. The van der Waals surface area contributed by atoms with E-state index < -0.39 is 11.8 Å². The number of carboxylic acids is 1. The van der Waals surface area contributed by atoms with Gasteiger partial charge in [0, 0.05) is 0 Å². The van der Waals surface area contributed by atoms with E-state index in [4.69, 9.17) is 16.7 Å². The van der Waals surface area contributed by atoms with Crippen LogP contribution in [0.1, 0.15) is 13.3 Å². The zero-order valence-electron chi connectivity index (χ0n) is 6.13. The van der Waals surface area contributed by atoms with Crippen molar-refractivity contribution in [3.63, 3.8) is 0 Å². The van der Waals surface area contributed by atoms with Crippen LogP contribution in [0, 0.1) is 0 Å². The van der Waals surface area contributed by atoms with Crippen LogP contribution in [0.3, 0.4) is 0 Å². The standard InChI is InChI=1S/C7H9ClO3/c1-2-3-5(7(10)11)6(9)4-8/h3H,2,4H2,1H3,(H,10,11)/b5-3-. The van der Waals surface area contributed by atoms with Crippen molar-refractivity contribution in [1.82, 2.24) is 0 Å². The largest absolute Gasteiger partial charge is 0.478 e. The first-order valence-corrected chi connectivity index (χ1v) is 3.69. The van der Waals surface area contributed by atoms with Crippen LogP contribution in [0.4, 0.5) is 0 Å². The monoisotopic (exact) mass is 176 g/mol. The van der Waals surface area contributed by atoms with Gasteiger partial charge in [0.15, 0.2) is 5.78 Å². The van der Waals surface area contributed by atoms with E-state index in [1.165, 1.54) is 6.08 Å². The fraction of sp³-hybridized carbons (Fsp3) is 0.429. The molecular formula is C7H9ClO3. The number of carbonyl (C=O) groups is 2. The highest BCUT2D eigenvalue weighted by Crippen LogP contribution is 2.00. The van der Waals surface area contributed by atoms with Gasteiger partial charge in [-0.05, 0) is 6.42 Å². The van der Waals surface area contributed by atoms with Gasteiger partial charge in [-0.3, -0.25) is 4.79 Å². The van der Waals surface area contributed by atoms with E-state index >= 15 is 0 Å². The zero-order chi connectivity index (χ0) is 8.85. The first-order chi connectivity index (χ1) is 5.13. The van der Waals surface area contributed by atoms with Crippen molar-refractivity contribution in [1.29, 1.82) is 0 Å². The molecule has 0 aliphatic carbocycles. The number of alkyl halides is 1. The Bertz CT molecular complexity index is 196. The van der Waals surface area contributed by atoms with Crippen LogP contribution in [-0.2, 0) is 9.59 Å². The van der Waals surface area contributed by atoms with Crippen molar-refractivity contribution in [2.45, 2.75) is 13.3 Å². The van der Waals surface area contributed by atoms with Crippen LogP contribution in [0.5, 0.6) is 0 Å². The summed E-state index contributed by atoms with van der Waals surface area (Å²) in [5.41, 5.74) is -0.220. The van der Waals surface area contributed by atoms with Gasteiger partial charge in [-0.2, -0.15) is 0 Å². The fourth-order valence-electron chi connectivity index (χ4n) is 0.597. The maximum Gasteiger partial charge on any atom is 0.339 e. The number of hydrogen-bond acceptors (Lipinski definition) is 2. The lowest BCUT2D eigenvalue weighted by Crippen LogP contribution is -2.13. The maximum absolute atomic E-state index is 10.8. The summed E-state index contributed by atoms with van der Waals surface area (Å²) < 4.78 is 0. The molecule has 0 amide bonds. The average molecular weight is 177 g/mol. The van der Waals surface area contributed by atoms with Gasteiger partial charge in [0.25, 0.3) is 0 Å². The summed E-state index contributed by atoms with van der Waals surface area (Å²) >= 11 is 5.17. The highest BCUT2D eigenvalue weighted by molar-refractivity contribution is 6.34. The van der Waals surface area contributed by atoms with E-state index in [2.05, 4.69) is 0 Å². The van der Waals surface area contributed by atoms with Crippen molar-refractivity contribution >= 4 is 23.4 Å². The highest BCUT2D eigenvalue weighted by Gasteiger charge is 2.14. The molecule has 0 aromatic carbocycles. The molecule has 0 aromatic heterocycles. The summed E-state index contributed by atoms with van der Waals surface area (Å²) in [4.78, 5) is 21.1. The van der Waals surface area contributed by atoms with Crippen molar-refractivity contribution in [2.24, 2.45) is 0 Å². The molecule has 4 heteroatoms. The average Bonchev–Trinajstić information content (AvgIpc) is 1.98. The number of allylic oxidation sites excluding steroid dienone is 1. The molecule has 1 N–H and O–H groups in total. The molecule has 0 bridgehead atoms. The van der Waals surface area contributed by atoms with Gasteiger partial charge in [-0.25, -0.2) is 4.79 Å². The lowest BCUT2D eigenvalue weighted by atomic mass is 10.1. The summed E-state index contributed by atoms with van der Waals surface area (Å²) in [6.07, 6.45) is 1.87. The predicted octanol–water partition coefficient (Wildman–Crippen LogP) is 1.22. The minimum Gasteiger partial charge on any atom is -0.478 e. The van der Waals surface area contributed by atoms with E-state index in [1.807, 2.05) is 0 Å². The fourth-order valence-corrected chi connectivity index (χ4v) is 0.740. The summed E-state index contributed by atoms with van der Waals surface area (Å²) in [6, 6.07) is 0. The van der Waals surface area contributed by atoms with Gasteiger partial charge in [0.1, 0.15) is 0 Å². The Balaban J connectivity index is 4.48. The molecule has 0 saturated heterocycles. The lowest BCUT2D eigenvalue weighted by molar-refractivity contribution is -0.134. The number of hydrogen-bond donors (Lipinski definition) is 1. The Hall–Kier alpha value is -0.830. The number of rotatable bonds is 4. The summed E-state index contributed by atoms with van der Waals surface area (Å²) in [7, 11) is 0. The number of Topliss-reactive ketones (excluding diaryl/α,β-unsaturated/α-hetero) is 1. The molecule has 0 unspecified atom stereocenters. The summed E-state index contributed by atoms with van der Waals surface area (Å²) in [5.74, 6) is -2.03. The van der Waals surface area contributed by atoms with Gasteiger partial charge in [-0.15, -0.1) is 11.6 Å². The molecule has 0 aliphatic heterocycles. The van der Waals surface area contributed by atoms with E-state index in [9.17, 15) is 9.59 Å². The molecule has 0 saturated carbocycles. The summed E-state index contributed by atoms with van der Waals surface area (Å²) in [5, 5.41) is 8.46. The minimum absolute atomic E-state index is 0.220. The first-order valence-electron chi connectivity index (χ1n) is 3.16. The molecule has 0 heterocycles. The normalized spacial score (nSPS) is 11.3. The second-order valence-electron chi connectivity index (χ2n) is 1.89. The van der Waals surface area contributed by atoms with Gasteiger partial charge in [-0.1, -0.05) is 13.0 Å². The Morgan fingerprint density at radius 3 is 2.36 bits per heavy atom. The Morgan fingerprint density at radius 1 is 1.55 bits per heavy atom. The predicted molar refractivity (Wildman–Crippen MR) is 41.7 cm³/mol. The van der Waals surface area contributed by atoms with E-state index in [-0.39, 0.29) is 11.5 Å². The number of carbonyl (C=O) groups excluding carboxylic acids is 1. The van der Waals surface area contributed by atoms with Crippen molar-refractivity contribution in [2.75, 3.05) is 5.88 Å². The molecule has 0 atom stereocenters. The molecule has 11 heavy (non-hydrogen) atoms. The Kier molecular flexibility index (Phi) is 4.54. The van der Waals surface area contributed by atoms with Gasteiger partial charge in [0.05, 0.1) is 11.5 Å². The lowest BCUT2D eigenvalue weighted by Gasteiger charge is -1.95. The SMILES string of the molecule is CC/C=C(\C(=O)O)C(=O)CCl. The van der Waals surface area contributed by atoms with Crippen LogP contribution in [-0.4, -0.2) is 22.7 Å². The van der Waals surface area contributed by atoms with Crippen molar-refractivity contribution < 1.29 is 14.7 Å². The summed E-state index contributed by atoms with van der Waals surface area (Å²) in [6.45, 7) is 1.75. The van der Waals surface area contributed by atoms with Crippen LogP contribution in [0.25, 0.3) is 0 Å². The Morgan fingerprint density at radius 2 is 2.09 bits per heavy atom. The number of halogens is 1. The second-order valence-corrected chi connectivity index (χ2v) is 2.16. The molecule has 0 rings (SSSR count). The number of aliphatic carboxylic acids is 1. The topological polar surface area (TPSA) is 54.4 Å². The molecule has 0 aromatic rings. The van der Waals surface area contributed by atoms with E-state index in [0.717, 1.165) is 0 Å². The molecular weight excluding hydrogens is 168 g/mol. The van der Waals surface area contributed by atoms with Gasteiger partial charge < -0.3 is 5.11 Å². The minimum atomic E-state index is -1.21. The van der Waals surface area contributed by atoms with Crippen LogP contribution >= 0.6 is 11.6 Å². The van der Waals surface area contributed by atoms with Crippen LogP contribution < -0.4 is 0 Å². The second kappa shape index (κ2) is 4.91. The molecule has 0 fully saturated rings. The third-order valence-corrected chi connectivity index (χ3v) is 1.30. The third-order valence-electron chi connectivity index (χ3n) is 1.06. The Labute approximate surface area is 69.7 Å². The number of ketones is 1. The van der Waals surface area contributed by atoms with Crippen molar-refractivity contribution in [3.8, 4) is 0 Å². The van der Waals surface area contributed by atoms with E-state index in [1.54, 1.807) is 6.92 Å². The van der Waals surface area contributed by atoms with E-state index in [0.29, 0.717) is 6.42 Å². The zero-order valence-corrected chi connectivity index (χ0v) is 6.89. The smallest absolute Gasteiger partial charge is 0.339 e. The van der Waals surface area contributed by atoms with Crippen molar-refractivity contribution in [3.05, 3.63) is 11.6 Å². The molecule has 0 radical (unpaired) electrons. The van der Waals surface area contributed by atoms with Gasteiger partial charge in [0.2, 0.25) is 0 Å². The quantitative estimate of drug-likeness (QED) is 0.303. The maximum atomic E-state index is 10.8.